The first-order chi connectivity index (χ1) is 12.6. The van der Waals surface area contributed by atoms with Gasteiger partial charge in [0.1, 0.15) is 6.04 Å². The summed E-state index contributed by atoms with van der Waals surface area (Å²) in [5.41, 5.74) is 1.84. The molecular formula is C21H25ClN2O2. The van der Waals surface area contributed by atoms with Crippen molar-refractivity contribution in [1.29, 1.82) is 0 Å². The zero-order valence-corrected chi connectivity index (χ0v) is 16.0. The smallest absolute Gasteiger partial charge is 0.242 e. The average Bonchev–Trinajstić information content (AvgIpc) is 2.66. The SMILES string of the molecule is CCCC(=O)N(Cc1ccccc1Cl)[C@@H](Cc1ccccc1)C(=O)NC. The van der Waals surface area contributed by atoms with Crippen LogP contribution in [0.4, 0.5) is 0 Å². The van der Waals surface area contributed by atoms with Crippen molar-refractivity contribution in [2.75, 3.05) is 7.05 Å². The van der Waals surface area contributed by atoms with Gasteiger partial charge in [-0.2, -0.15) is 0 Å². The van der Waals surface area contributed by atoms with Crippen LogP contribution in [0.5, 0.6) is 0 Å². The molecule has 0 heterocycles. The van der Waals surface area contributed by atoms with Crippen LogP contribution in [0.25, 0.3) is 0 Å². The Kier molecular flexibility index (Phi) is 7.67. The second-order valence-corrected chi connectivity index (χ2v) is 6.59. The topological polar surface area (TPSA) is 49.4 Å². The highest BCUT2D eigenvalue weighted by Gasteiger charge is 2.29. The molecule has 2 aromatic rings. The molecule has 0 aliphatic carbocycles. The number of halogens is 1. The van der Waals surface area contributed by atoms with Crippen molar-refractivity contribution >= 4 is 23.4 Å². The Hall–Kier alpha value is -2.33. The van der Waals surface area contributed by atoms with Gasteiger partial charge in [0.25, 0.3) is 0 Å². The molecule has 0 spiro atoms. The lowest BCUT2D eigenvalue weighted by molar-refractivity contribution is -0.141. The van der Waals surface area contributed by atoms with Crippen LogP contribution in [0.15, 0.2) is 54.6 Å². The molecule has 0 radical (unpaired) electrons. The van der Waals surface area contributed by atoms with E-state index >= 15 is 0 Å². The summed E-state index contributed by atoms with van der Waals surface area (Å²) in [6, 6.07) is 16.6. The number of amides is 2. The largest absolute Gasteiger partial charge is 0.357 e. The van der Waals surface area contributed by atoms with Gasteiger partial charge in [-0.3, -0.25) is 9.59 Å². The number of likely N-dealkylation sites (N-methyl/N-ethyl adjacent to an activating group) is 1. The molecule has 138 valence electrons. The molecule has 0 saturated carbocycles. The highest BCUT2D eigenvalue weighted by atomic mass is 35.5. The van der Waals surface area contributed by atoms with E-state index in [9.17, 15) is 9.59 Å². The van der Waals surface area contributed by atoms with Crippen LogP contribution in [0.3, 0.4) is 0 Å². The molecule has 5 heteroatoms. The summed E-state index contributed by atoms with van der Waals surface area (Å²) >= 11 is 6.29. The molecule has 0 aliphatic heterocycles. The fourth-order valence-electron chi connectivity index (χ4n) is 2.89. The van der Waals surface area contributed by atoms with Gasteiger partial charge in [-0.05, 0) is 23.6 Å². The van der Waals surface area contributed by atoms with Crippen LogP contribution in [0.2, 0.25) is 5.02 Å². The molecule has 4 nitrogen and oxygen atoms in total. The number of rotatable bonds is 8. The van der Waals surface area contributed by atoms with E-state index in [4.69, 9.17) is 11.6 Å². The van der Waals surface area contributed by atoms with Crippen molar-refractivity contribution < 1.29 is 9.59 Å². The van der Waals surface area contributed by atoms with Crippen molar-refractivity contribution in [3.8, 4) is 0 Å². The Morgan fingerprint density at radius 3 is 2.35 bits per heavy atom. The van der Waals surface area contributed by atoms with E-state index in [0.717, 1.165) is 17.5 Å². The average molecular weight is 373 g/mol. The summed E-state index contributed by atoms with van der Waals surface area (Å²) in [5.74, 6) is -0.220. The molecule has 0 fully saturated rings. The van der Waals surface area contributed by atoms with Crippen molar-refractivity contribution in [2.45, 2.75) is 38.8 Å². The maximum Gasteiger partial charge on any atom is 0.242 e. The van der Waals surface area contributed by atoms with Gasteiger partial charge in [-0.15, -0.1) is 0 Å². The standard InChI is InChI=1S/C21H25ClN2O2/c1-3-9-20(25)24(15-17-12-7-8-13-18(17)22)19(21(26)23-2)14-16-10-5-4-6-11-16/h4-8,10-13,19H,3,9,14-15H2,1-2H3,(H,23,26)/t19-/m0/s1. The maximum atomic E-state index is 12.8. The van der Waals surface area contributed by atoms with Crippen molar-refractivity contribution in [1.82, 2.24) is 10.2 Å². The van der Waals surface area contributed by atoms with Gasteiger partial charge < -0.3 is 10.2 Å². The minimum absolute atomic E-state index is 0.0445. The Morgan fingerprint density at radius 2 is 1.73 bits per heavy atom. The zero-order chi connectivity index (χ0) is 18.9. The van der Waals surface area contributed by atoms with Crippen LogP contribution in [0.1, 0.15) is 30.9 Å². The van der Waals surface area contributed by atoms with Gasteiger partial charge in [0, 0.05) is 31.5 Å². The van der Waals surface area contributed by atoms with E-state index in [1.165, 1.54) is 0 Å². The van der Waals surface area contributed by atoms with E-state index in [1.807, 2.05) is 55.5 Å². The molecule has 26 heavy (non-hydrogen) atoms. The predicted molar refractivity (Wildman–Crippen MR) is 105 cm³/mol. The van der Waals surface area contributed by atoms with Crippen LogP contribution in [-0.4, -0.2) is 29.8 Å². The summed E-state index contributed by atoms with van der Waals surface area (Å²) in [6.07, 6.45) is 1.58. The minimum atomic E-state index is -0.585. The second-order valence-electron chi connectivity index (χ2n) is 6.18. The van der Waals surface area contributed by atoms with Gasteiger partial charge in [0.15, 0.2) is 0 Å². The van der Waals surface area contributed by atoms with Crippen molar-refractivity contribution in [3.05, 3.63) is 70.7 Å². The molecular weight excluding hydrogens is 348 g/mol. The molecule has 0 aromatic heterocycles. The molecule has 2 aromatic carbocycles. The maximum absolute atomic E-state index is 12.8. The highest BCUT2D eigenvalue weighted by Crippen LogP contribution is 2.21. The molecule has 0 bridgehead atoms. The van der Waals surface area contributed by atoms with E-state index in [-0.39, 0.29) is 11.8 Å². The first-order valence-electron chi connectivity index (χ1n) is 8.85. The molecule has 0 aliphatic rings. The van der Waals surface area contributed by atoms with E-state index in [0.29, 0.717) is 24.4 Å². The van der Waals surface area contributed by atoms with Gasteiger partial charge in [0.05, 0.1) is 0 Å². The predicted octanol–water partition coefficient (Wildman–Crippen LogP) is 3.83. The number of nitrogens with one attached hydrogen (secondary N) is 1. The Bertz CT molecular complexity index is 734. The lowest BCUT2D eigenvalue weighted by Gasteiger charge is -2.31. The van der Waals surface area contributed by atoms with Crippen molar-refractivity contribution in [3.63, 3.8) is 0 Å². The number of benzene rings is 2. The number of hydrogen-bond acceptors (Lipinski definition) is 2. The van der Waals surface area contributed by atoms with Crippen LogP contribution in [-0.2, 0) is 22.6 Å². The Balaban J connectivity index is 2.35. The summed E-state index contributed by atoms with van der Waals surface area (Å²) in [7, 11) is 1.60. The van der Waals surface area contributed by atoms with Crippen LogP contribution in [0, 0.1) is 0 Å². The summed E-state index contributed by atoms with van der Waals surface area (Å²) in [5, 5.41) is 3.29. The lowest BCUT2D eigenvalue weighted by atomic mass is 10.0. The quantitative estimate of drug-likeness (QED) is 0.765. The molecule has 2 rings (SSSR count). The van der Waals surface area contributed by atoms with Crippen LogP contribution < -0.4 is 5.32 Å². The molecule has 0 saturated heterocycles. The van der Waals surface area contributed by atoms with Gasteiger partial charge in [-0.25, -0.2) is 0 Å². The number of carbonyl (C=O) groups excluding carboxylic acids is 2. The first-order valence-corrected chi connectivity index (χ1v) is 9.23. The third-order valence-electron chi connectivity index (χ3n) is 4.28. The lowest BCUT2D eigenvalue weighted by Crippen LogP contribution is -2.49. The molecule has 1 N–H and O–H groups in total. The first kappa shape index (κ1) is 20.0. The molecule has 2 amide bonds. The van der Waals surface area contributed by atoms with Crippen LogP contribution >= 0.6 is 11.6 Å². The molecule has 0 unspecified atom stereocenters. The summed E-state index contributed by atoms with van der Waals surface area (Å²) in [6.45, 7) is 2.26. The monoisotopic (exact) mass is 372 g/mol. The third-order valence-corrected chi connectivity index (χ3v) is 4.65. The Morgan fingerprint density at radius 1 is 1.08 bits per heavy atom. The Labute approximate surface area is 160 Å². The molecule has 1 atom stereocenters. The normalized spacial score (nSPS) is 11.7. The highest BCUT2D eigenvalue weighted by molar-refractivity contribution is 6.31. The van der Waals surface area contributed by atoms with E-state index < -0.39 is 6.04 Å². The summed E-state index contributed by atoms with van der Waals surface area (Å²) < 4.78 is 0. The minimum Gasteiger partial charge on any atom is -0.357 e. The van der Waals surface area contributed by atoms with E-state index in [1.54, 1.807) is 18.0 Å². The number of hydrogen-bond donors (Lipinski definition) is 1. The summed E-state index contributed by atoms with van der Waals surface area (Å²) in [4.78, 5) is 27.1. The third kappa shape index (κ3) is 5.33. The fraction of sp³-hybridized carbons (Fsp3) is 0.333. The van der Waals surface area contributed by atoms with Crippen molar-refractivity contribution in [2.24, 2.45) is 0 Å². The van der Waals surface area contributed by atoms with Gasteiger partial charge >= 0.3 is 0 Å². The van der Waals surface area contributed by atoms with Gasteiger partial charge in [0.2, 0.25) is 11.8 Å². The zero-order valence-electron chi connectivity index (χ0n) is 15.2. The number of carbonyl (C=O) groups is 2. The van der Waals surface area contributed by atoms with E-state index in [2.05, 4.69) is 5.32 Å². The van der Waals surface area contributed by atoms with Gasteiger partial charge in [-0.1, -0.05) is 67.1 Å². The fourth-order valence-corrected chi connectivity index (χ4v) is 3.08. The number of nitrogens with zero attached hydrogens (tertiary/aromatic N) is 1. The second kappa shape index (κ2) is 9.97.